The summed E-state index contributed by atoms with van der Waals surface area (Å²) in [6, 6.07) is 0. The van der Waals surface area contributed by atoms with Crippen LogP contribution < -0.4 is 9.62 Å². The first-order valence-electron chi connectivity index (χ1n) is 8.08. The number of hydrogen-bond donors (Lipinski definition) is 1. The zero-order valence-electron chi connectivity index (χ0n) is 13.6. The zero-order chi connectivity index (χ0) is 16.4. The third-order valence-corrected chi connectivity index (χ3v) is 5.42. The van der Waals surface area contributed by atoms with Crippen LogP contribution in [0.1, 0.15) is 18.9 Å². The molecule has 1 N–H and O–H groups in total. The van der Waals surface area contributed by atoms with Gasteiger partial charge >= 0.3 is 0 Å². The van der Waals surface area contributed by atoms with Crippen LogP contribution in [0.4, 0.5) is 5.95 Å². The highest BCUT2D eigenvalue weighted by molar-refractivity contribution is 7.88. The van der Waals surface area contributed by atoms with Crippen molar-refractivity contribution in [1.82, 2.24) is 14.7 Å². The van der Waals surface area contributed by atoms with Crippen LogP contribution >= 0.6 is 0 Å². The van der Waals surface area contributed by atoms with E-state index in [1.54, 1.807) is 0 Å². The lowest BCUT2D eigenvalue weighted by atomic mass is 9.84. The van der Waals surface area contributed by atoms with Crippen LogP contribution in [0.25, 0.3) is 0 Å². The molecule has 0 aliphatic carbocycles. The van der Waals surface area contributed by atoms with E-state index in [-0.39, 0.29) is 6.10 Å². The third kappa shape index (κ3) is 3.99. The molecule has 0 amide bonds. The molecule has 0 bridgehead atoms. The number of nitrogens with one attached hydrogen (secondary N) is 1. The molecular weight excluding hydrogens is 316 g/mol. The Labute approximate surface area is 137 Å². The minimum atomic E-state index is -3.17. The first-order valence-corrected chi connectivity index (χ1v) is 9.97. The Kier molecular flexibility index (Phi) is 4.84. The summed E-state index contributed by atoms with van der Waals surface area (Å²) in [6.07, 6.45) is 6.84. The molecule has 8 heteroatoms. The van der Waals surface area contributed by atoms with Gasteiger partial charge in [-0.2, -0.15) is 0 Å². The summed E-state index contributed by atoms with van der Waals surface area (Å²) < 4.78 is 30.9. The van der Waals surface area contributed by atoms with Gasteiger partial charge in [0.25, 0.3) is 0 Å². The second-order valence-corrected chi connectivity index (χ2v) is 8.23. The Bertz CT molecular complexity index is 635. The van der Waals surface area contributed by atoms with Crippen molar-refractivity contribution in [2.75, 3.05) is 37.4 Å². The number of aromatic nitrogens is 2. The number of hydrogen-bond acceptors (Lipinski definition) is 6. The van der Waals surface area contributed by atoms with E-state index in [0.717, 1.165) is 37.4 Å². The van der Waals surface area contributed by atoms with E-state index >= 15 is 0 Å². The van der Waals surface area contributed by atoms with Gasteiger partial charge in [-0.25, -0.2) is 23.1 Å². The molecule has 7 nitrogen and oxygen atoms in total. The number of sulfonamides is 1. The normalized spacial score (nSPS) is 27.9. The zero-order valence-corrected chi connectivity index (χ0v) is 14.4. The molecule has 1 aromatic rings. The largest absolute Gasteiger partial charge is 0.376 e. The van der Waals surface area contributed by atoms with E-state index in [0.29, 0.717) is 25.0 Å². The monoisotopic (exact) mass is 340 g/mol. The van der Waals surface area contributed by atoms with E-state index in [4.69, 9.17) is 4.74 Å². The maximum atomic E-state index is 11.2. The Morgan fingerprint density at radius 1 is 1.39 bits per heavy atom. The fraction of sp³-hybridized carbons (Fsp3) is 0.733. The fourth-order valence-corrected chi connectivity index (χ4v) is 3.87. The molecule has 3 heterocycles. The first-order chi connectivity index (χ1) is 11.0. The lowest BCUT2D eigenvalue weighted by Crippen LogP contribution is -2.44. The van der Waals surface area contributed by atoms with Gasteiger partial charge in [0.1, 0.15) is 0 Å². The van der Waals surface area contributed by atoms with Crippen LogP contribution in [0.5, 0.6) is 0 Å². The van der Waals surface area contributed by atoms with Gasteiger partial charge in [0.15, 0.2) is 0 Å². The molecule has 2 aliphatic rings. The average Bonchev–Trinajstić information content (AvgIpc) is 2.94. The first kappa shape index (κ1) is 16.6. The van der Waals surface area contributed by atoms with Gasteiger partial charge in [0, 0.05) is 37.9 Å². The molecule has 2 saturated heterocycles. The number of fused-ring (bicyclic) bond motifs is 1. The lowest BCUT2D eigenvalue weighted by Gasteiger charge is -2.35. The minimum Gasteiger partial charge on any atom is -0.376 e. The highest BCUT2D eigenvalue weighted by Gasteiger charge is 2.41. The van der Waals surface area contributed by atoms with Crippen molar-refractivity contribution in [2.45, 2.75) is 25.9 Å². The standard InChI is InChI=1S/C15H24N4O3S/c1-3-11-6-16-15(17-7-11)19-5-4-13-12(9-19)10-22-14(13)8-18-23(2,20)21/h6-7,12-14,18H,3-5,8-10H2,1-2H3/t12-,13-,14-/m1/s1. The average molecular weight is 340 g/mol. The summed E-state index contributed by atoms with van der Waals surface area (Å²) in [5.74, 6) is 1.58. The van der Waals surface area contributed by atoms with Crippen molar-refractivity contribution < 1.29 is 13.2 Å². The number of nitrogens with zero attached hydrogens (tertiary/aromatic N) is 3. The Morgan fingerprint density at radius 3 is 2.78 bits per heavy atom. The Morgan fingerprint density at radius 2 is 2.13 bits per heavy atom. The second-order valence-electron chi connectivity index (χ2n) is 6.40. The van der Waals surface area contributed by atoms with Crippen molar-refractivity contribution >= 4 is 16.0 Å². The Balaban J connectivity index is 1.59. The summed E-state index contributed by atoms with van der Waals surface area (Å²) in [5.41, 5.74) is 1.14. The summed E-state index contributed by atoms with van der Waals surface area (Å²) in [6.45, 7) is 4.87. The fourth-order valence-electron chi connectivity index (χ4n) is 3.41. The van der Waals surface area contributed by atoms with Gasteiger partial charge in [-0.3, -0.25) is 0 Å². The number of anilines is 1. The second kappa shape index (κ2) is 6.70. The molecule has 0 unspecified atom stereocenters. The van der Waals surface area contributed by atoms with E-state index in [2.05, 4.69) is 26.5 Å². The molecule has 0 aromatic carbocycles. The van der Waals surface area contributed by atoms with Crippen molar-refractivity contribution in [3.8, 4) is 0 Å². The number of piperidine rings is 1. The summed E-state index contributed by atoms with van der Waals surface area (Å²) in [5, 5.41) is 0. The predicted octanol–water partition coefficient (Wildman–Crippen LogP) is 0.430. The highest BCUT2D eigenvalue weighted by atomic mass is 32.2. The Hall–Kier alpha value is -1.25. The molecule has 128 valence electrons. The number of aryl methyl sites for hydroxylation is 1. The SMILES string of the molecule is CCc1cnc(N2CC[C@@H]3[C@@H](CO[C@@H]3CNS(C)(=O)=O)C2)nc1. The molecule has 0 saturated carbocycles. The van der Waals surface area contributed by atoms with E-state index in [1.165, 1.54) is 6.26 Å². The van der Waals surface area contributed by atoms with Gasteiger partial charge in [0.2, 0.25) is 16.0 Å². The van der Waals surface area contributed by atoms with E-state index < -0.39 is 10.0 Å². The van der Waals surface area contributed by atoms with Crippen LogP contribution in [-0.4, -0.2) is 57.0 Å². The van der Waals surface area contributed by atoms with Crippen LogP contribution in [0.15, 0.2) is 12.4 Å². The number of rotatable bonds is 5. The van der Waals surface area contributed by atoms with Gasteiger partial charge in [0.05, 0.1) is 19.0 Å². The van der Waals surface area contributed by atoms with Crippen molar-refractivity contribution in [3.63, 3.8) is 0 Å². The molecule has 2 aliphatic heterocycles. The highest BCUT2D eigenvalue weighted by Crippen LogP contribution is 2.35. The van der Waals surface area contributed by atoms with Crippen molar-refractivity contribution in [2.24, 2.45) is 11.8 Å². The minimum absolute atomic E-state index is 0.0275. The van der Waals surface area contributed by atoms with Crippen LogP contribution in [-0.2, 0) is 21.2 Å². The van der Waals surface area contributed by atoms with Crippen LogP contribution in [0.3, 0.4) is 0 Å². The van der Waals surface area contributed by atoms with Gasteiger partial charge in [-0.1, -0.05) is 6.92 Å². The van der Waals surface area contributed by atoms with Gasteiger partial charge in [-0.05, 0) is 24.3 Å². The van der Waals surface area contributed by atoms with Crippen molar-refractivity contribution in [1.29, 1.82) is 0 Å². The summed E-state index contributed by atoms with van der Waals surface area (Å²) in [7, 11) is -3.17. The van der Waals surface area contributed by atoms with E-state index in [9.17, 15) is 8.42 Å². The summed E-state index contributed by atoms with van der Waals surface area (Å²) >= 11 is 0. The maximum absolute atomic E-state index is 11.2. The van der Waals surface area contributed by atoms with Crippen molar-refractivity contribution in [3.05, 3.63) is 18.0 Å². The van der Waals surface area contributed by atoms with Gasteiger partial charge < -0.3 is 9.64 Å². The smallest absolute Gasteiger partial charge is 0.225 e. The molecule has 23 heavy (non-hydrogen) atoms. The topological polar surface area (TPSA) is 84.4 Å². The van der Waals surface area contributed by atoms with Crippen LogP contribution in [0.2, 0.25) is 0 Å². The quantitative estimate of drug-likeness (QED) is 0.837. The molecular formula is C15H24N4O3S. The van der Waals surface area contributed by atoms with Crippen LogP contribution in [0, 0.1) is 11.8 Å². The molecule has 0 spiro atoms. The third-order valence-electron chi connectivity index (χ3n) is 4.72. The molecule has 3 atom stereocenters. The molecule has 0 radical (unpaired) electrons. The molecule has 1 aromatic heterocycles. The molecule has 2 fully saturated rings. The number of ether oxygens (including phenoxy) is 1. The van der Waals surface area contributed by atoms with Gasteiger partial charge in [-0.15, -0.1) is 0 Å². The predicted molar refractivity (Wildman–Crippen MR) is 87.8 cm³/mol. The maximum Gasteiger partial charge on any atom is 0.225 e. The summed E-state index contributed by atoms with van der Waals surface area (Å²) in [4.78, 5) is 11.1. The lowest BCUT2D eigenvalue weighted by molar-refractivity contribution is 0.0930. The van der Waals surface area contributed by atoms with E-state index in [1.807, 2.05) is 12.4 Å². The molecule has 3 rings (SSSR count).